The molecule has 0 aromatic rings. The monoisotopic (exact) mass is 228 g/mol. The molecule has 2 heteroatoms. The summed E-state index contributed by atoms with van der Waals surface area (Å²) in [6.45, 7) is 14.6. The molecule has 0 aliphatic rings. The van der Waals surface area contributed by atoms with E-state index < -0.39 is 0 Å². The molecule has 0 rings (SSSR count). The van der Waals surface area contributed by atoms with E-state index in [1.807, 2.05) is 0 Å². The van der Waals surface area contributed by atoms with Crippen LogP contribution in [0.3, 0.4) is 0 Å². The van der Waals surface area contributed by atoms with E-state index in [4.69, 9.17) is 0 Å². The third kappa shape index (κ3) is 10.4. The number of hydrogen-bond donors (Lipinski definition) is 2. The molecule has 0 saturated heterocycles. The van der Waals surface area contributed by atoms with E-state index in [9.17, 15) is 0 Å². The first-order valence-electron chi connectivity index (χ1n) is 6.84. The van der Waals surface area contributed by atoms with Gasteiger partial charge < -0.3 is 10.6 Å². The van der Waals surface area contributed by atoms with Crippen molar-refractivity contribution in [3.63, 3.8) is 0 Å². The normalized spacial score (nSPS) is 12.8. The van der Waals surface area contributed by atoms with Crippen molar-refractivity contribution in [3.05, 3.63) is 0 Å². The van der Waals surface area contributed by atoms with Crippen LogP contribution in [0.15, 0.2) is 0 Å². The molecule has 98 valence electrons. The van der Waals surface area contributed by atoms with E-state index in [1.165, 1.54) is 25.7 Å². The second-order valence-corrected chi connectivity index (χ2v) is 6.10. The molecule has 0 aromatic heterocycles. The van der Waals surface area contributed by atoms with Gasteiger partial charge in [-0.2, -0.15) is 0 Å². The minimum Gasteiger partial charge on any atom is -0.315 e. The molecule has 0 heterocycles. The topological polar surface area (TPSA) is 24.1 Å². The van der Waals surface area contributed by atoms with Gasteiger partial charge in [0, 0.05) is 17.6 Å². The maximum absolute atomic E-state index is 3.61. The average Bonchev–Trinajstić information content (AvgIpc) is 2.08. The van der Waals surface area contributed by atoms with Crippen molar-refractivity contribution in [2.45, 2.75) is 84.8 Å². The van der Waals surface area contributed by atoms with Gasteiger partial charge in [0.05, 0.1) is 0 Å². The third-order valence-electron chi connectivity index (χ3n) is 2.71. The van der Waals surface area contributed by atoms with Gasteiger partial charge in [-0.15, -0.1) is 0 Å². The molecule has 0 spiro atoms. The first kappa shape index (κ1) is 15.9. The fraction of sp³-hybridized carbons (Fsp3) is 1.00. The molecule has 16 heavy (non-hydrogen) atoms. The molecule has 2 nitrogen and oxygen atoms in total. The van der Waals surface area contributed by atoms with E-state index in [0.717, 1.165) is 6.54 Å². The first-order chi connectivity index (χ1) is 7.33. The summed E-state index contributed by atoms with van der Waals surface area (Å²) in [5, 5.41) is 7.07. The van der Waals surface area contributed by atoms with Crippen LogP contribution in [-0.2, 0) is 0 Å². The van der Waals surface area contributed by atoms with E-state index in [2.05, 4.69) is 52.2 Å². The fourth-order valence-electron chi connectivity index (χ4n) is 2.11. The highest BCUT2D eigenvalue weighted by Crippen LogP contribution is 2.14. The molecule has 0 fully saturated rings. The smallest absolute Gasteiger partial charge is 0.0127 e. The van der Waals surface area contributed by atoms with E-state index >= 15 is 0 Å². The number of unbranched alkanes of at least 4 members (excludes halogenated alkanes) is 2. The second kappa shape index (κ2) is 8.08. The van der Waals surface area contributed by atoms with Gasteiger partial charge >= 0.3 is 0 Å². The lowest BCUT2D eigenvalue weighted by Crippen LogP contribution is -2.43. The summed E-state index contributed by atoms with van der Waals surface area (Å²) in [4.78, 5) is 0. The minimum absolute atomic E-state index is 0.291. The standard InChI is InChI=1S/C14H32N2/c1-12(2)15-11-9-7-8-10-14(5,6)16-13(3)4/h12-13,15-16H,7-11H2,1-6H3. The molecule has 0 unspecified atom stereocenters. The van der Waals surface area contributed by atoms with Crippen molar-refractivity contribution in [1.29, 1.82) is 0 Å². The van der Waals surface area contributed by atoms with Crippen molar-refractivity contribution in [2.75, 3.05) is 6.54 Å². The molecule has 0 aliphatic carbocycles. The second-order valence-electron chi connectivity index (χ2n) is 6.10. The lowest BCUT2D eigenvalue weighted by Gasteiger charge is -2.29. The van der Waals surface area contributed by atoms with Crippen molar-refractivity contribution < 1.29 is 0 Å². The average molecular weight is 228 g/mol. The van der Waals surface area contributed by atoms with Crippen molar-refractivity contribution in [3.8, 4) is 0 Å². The zero-order valence-electron chi connectivity index (χ0n) is 12.2. The van der Waals surface area contributed by atoms with Crippen LogP contribution < -0.4 is 10.6 Å². The Morgan fingerprint density at radius 2 is 1.50 bits per heavy atom. The first-order valence-corrected chi connectivity index (χ1v) is 6.84. The van der Waals surface area contributed by atoms with E-state index in [1.54, 1.807) is 0 Å². The highest BCUT2D eigenvalue weighted by atomic mass is 15.0. The van der Waals surface area contributed by atoms with Crippen LogP contribution in [0.5, 0.6) is 0 Å². The molecule has 0 atom stereocenters. The molecule has 2 N–H and O–H groups in total. The van der Waals surface area contributed by atoms with Gasteiger partial charge in [-0.1, -0.05) is 40.5 Å². The Morgan fingerprint density at radius 3 is 2.00 bits per heavy atom. The highest BCUT2D eigenvalue weighted by molar-refractivity contribution is 4.78. The molecule has 0 saturated carbocycles. The quantitative estimate of drug-likeness (QED) is 0.592. The molecular weight excluding hydrogens is 196 g/mol. The summed E-state index contributed by atoms with van der Waals surface area (Å²) >= 11 is 0. The Morgan fingerprint density at radius 1 is 0.875 bits per heavy atom. The lowest BCUT2D eigenvalue weighted by molar-refractivity contribution is 0.321. The summed E-state index contributed by atoms with van der Waals surface area (Å²) in [5.41, 5.74) is 0.291. The summed E-state index contributed by atoms with van der Waals surface area (Å²) < 4.78 is 0. The van der Waals surface area contributed by atoms with Gasteiger partial charge in [0.2, 0.25) is 0 Å². The molecule has 0 bridgehead atoms. The Bertz CT molecular complexity index is 162. The predicted octanol–water partition coefficient (Wildman–Crippen LogP) is 3.32. The van der Waals surface area contributed by atoms with Crippen LogP contribution in [-0.4, -0.2) is 24.2 Å². The Labute approximate surface area is 103 Å². The molecule has 0 aliphatic heterocycles. The van der Waals surface area contributed by atoms with Gasteiger partial charge in [0.15, 0.2) is 0 Å². The summed E-state index contributed by atoms with van der Waals surface area (Å²) in [7, 11) is 0. The molecule has 0 radical (unpaired) electrons. The summed E-state index contributed by atoms with van der Waals surface area (Å²) in [6, 6.07) is 1.21. The van der Waals surface area contributed by atoms with Crippen LogP contribution in [0.1, 0.15) is 67.2 Å². The predicted molar refractivity (Wildman–Crippen MR) is 74.0 cm³/mol. The third-order valence-corrected chi connectivity index (χ3v) is 2.71. The van der Waals surface area contributed by atoms with Gasteiger partial charge in [-0.05, 0) is 33.2 Å². The summed E-state index contributed by atoms with van der Waals surface area (Å²) in [6.07, 6.45) is 5.23. The van der Waals surface area contributed by atoms with Crippen LogP contribution in [0.25, 0.3) is 0 Å². The number of hydrogen-bond acceptors (Lipinski definition) is 2. The molecule has 0 aromatic carbocycles. The van der Waals surface area contributed by atoms with Crippen LogP contribution in [0, 0.1) is 0 Å². The van der Waals surface area contributed by atoms with Crippen LogP contribution >= 0.6 is 0 Å². The Balaban J connectivity index is 3.43. The van der Waals surface area contributed by atoms with Crippen molar-refractivity contribution in [1.82, 2.24) is 10.6 Å². The van der Waals surface area contributed by atoms with Gasteiger partial charge in [-0.25, -0.2) is 0 Å². The largest absolute Gasteiger partial charge is 0.315 e. The van der Waals surface area contributed by atoms with Crippen molar-refractivity contribution in [2.24, 2.45) is 0 Å². The van der Waals surface area contributed by atoms with Crippen LogP contribution in [0.2, 0.25) is 0 Å². The zero-order chi connectivity index (χ0) is 12.6. The lowest BCUT2D eigenvalue weighted by atomic mass is 9.96. The number of nitrogens with one attached hydrogen (secondary N) is 2. The van der Waals surface area contributed by atoms with E-state index in [0.29, 0.717) is 17.6 Å². The van der Waals surface area contributed by atoms with Gasteiger partial charge in [0.25, 0.3) is 0 Å². The summed E-state index contributed by atoms with van der Waals surface area (Å²) in [5.74, 6) is 0. The molecular formula is C14H32N2. The van der Waals surface area contributed by atoms with E-state index in [-0.39, 0.29) is 0 Å². The maximum Gasteiger partial charge on any atom is 0.0127 e. The van der Waals surface area contributed by atoms with Gasteiger partial charge in [0.1, 0.15) is 0 Å². The Kier molecular flexibility index (Phi) is 8.04. The zero-order valence-corrected chi connectivity index (χ0v) is 12.2. The number of rotatable bonds is 9. The van der Waals surface area contributed by atoms with Gasteiger partial charge in [-0.3, -0.25) is 0 Å². The van der Waals surface area contributed by atoms with Crippen LogP contribution in [0.4, 0.5) is 0 Å². The van der Waals surface area contributed by atoms with Crippen molar-refractivity contribution >= 4 is 0 Å². The minimum atomic E-state index is 0.291. The molecule has 0 amide bonds. The highest BCUT2D eigenvalue weighted by Gasteiger charge is 2.17. The SMILES string of the molecule is CC(C)NCCCCCC(C)(C)NC(C)C. The Hall–Kier alpha value is -0.0800. The maximum atomic E-state index is 3.61. The fourth-order valence-corrected chi connectivity index (χ4v) is 2.11.